The molecule has 3 heterocycles. The van der Waals surface area contributed by atoms with Crippen molar-refractivity contribution in [3.05, 3.63) is 46.1 Å². The SMILES string of the molecule is O=C(OC1CN2CCC1CC2)C(O)(C/C=C\I)c1ccccc1. The van der Waals surface area contributed by atoms with Crippen LogP contribution in [0.5, 0.6) is 0 Å². The Hall–Kier alpha value is -0.920. The smallest absolute Gasteiger partial charge is 0.343 e. The summed E-state index contributed by atoms with van der Waals surface area (Å²) in [5, 5.41) is 11.0. The van der Waals surface area contributed by atoms with Gasteiger partial charge in [0.15, 0.2) is 5.60 Å². The van der Waals surface area contributed by atoms with Crippen molar-refractivity contribution in [1.29, 1.82) is 0 Å². The maximum atomic E-state index is 12.8. The van der Waals surface area contributed by atoms with Crippen LogP contribution in [0.25, 0.3) is 0 Å². The van der Waals surface area contributed by atoms with Crippen molar-refractivity contribution in [1.82, 2.24) is 4.90 Å². The van der Waals surface area contributed by atoms with Gasteiger partial charge in [-0.3, -0.25) is 4.90 Å². The first-order valence-electron chi connectivity index (χ1n) is 8.10. The molecule has 0 aliphatic carbocycles. The number of rotatable bonds is 5. The lowest BCUT2D eigenvalue weighted by atomic mass is 9.85. The van der Waals surface area contributed by atoms with Gasteiger partial charge in [-0.05, 0) is 41.5 Å². The van der Waals surface area contributed by atoms with E-state index in [0.717, 1.165) is 32.5 Å². The molecule has 0 aromatic heterocycles. The van der Waals surface area contributed by atoms with Gasteiger partial charge < -0.3 is 9.84 Å². The fourth-order valence-electron chi connectivity index (χ4n) is 3.53. The van der Waals surface area contributed by atoms with Gasteiger partial charge >= 0.3 is 5.97 Å². The van der Waals surface area contributed by atoms with E-state index in [1.165, 1.54) is 0 Å². The van der Waals surface area contributed by atoms with Crippen LogP contribution in [0.1, 0.15) is 24.8 Å². The highest BCUT2D eigenvalue weighted by molar-refractivity contribution is 14.1. The molecule has 3 saturated heterocycles. The first-order valence-corrected chi connectivity index (χ1v) is 9.34. The second-order valence-corrected chi connectivity index (χ2v) is 7.09. The van der Waals surface area contributed by atoms with Crippen molar-refractivity contribution in [2.75, 3.05) is 19.6 Å². The number of fused-ring (bicyclic) bond motifs is 3. The third kappa shape index (κ3) is 3.61. The molecular formula is C18H22INO3. The minimum atomic E-state index is -1.62. The molecule has 1 aromatic rings. The Morgan fingerprint density at radius 1 is 1.35 bits per heavy atom. The molecule has 2 bridgehead atoms. The Labute approximate surface area is 150 Å². The summed E-state index contributed by atoms with van der Waals surface area (Å²) in [5.74, 6) is -0.0963. The lowest BCUT2D eigenvalue weighted by molar-refractivity contribution is -0.181. The summed E-state index contributed by atoms with van der Waals surface area (Å²) in [6.45, 7) is 2.99. The fourth-order valence-corrected chi connectivity index (χ4v) is 3.78. The zero-order valence-corrected chi connectivity index (χ0v) is 15.2. The topological polar surface area (TPSA) is 49.8 Å². The van der Waals surface area contributed by atoms with Gasteiger partial charge in [0.05, 0.1) is 0 Å². The molecule has 0 radical (unpaired) electrons. The predicted molar refractivity (Wildman–Crippen MR) is 97.2 cm³/mol. The van der Waals surface area contributed by atoms with Gasteiger partial charge in [0.2, 0.25) is 0 Å². The summed E-state index contributed by atoms with van der Waals surface area (Å²) < 4.78 is 7.59. The minimum Gasteiger partial charge on any atom is -0.458 e. The number of carbonyl (C=O) groups excluding carboxylic acids is 1. The van der Waals surface area contributed by atoms with Crippen molar-refractivity contribution >= 4 is 28.6 Å². The summed E-state index contributed by atoms with van der Waals surface area (Å²) in [6.07, 6.45) is 4.08. The number of hydrogen-bond acceptors (Lipinski definition) is 4. The van der Waals surface area contributed by atoms with E-state index in [4.69, 9.17) is 4.74 Å². The van der Waals surface area contributed by atoms with Gasteiger partial charge in [0, 0.05) is 13.0 Å². The van der Waals surface area contributed by atoms with E-state index in [0.29, 0.717) is 11.5 Å². The number of hydrogen-bond donors (Lipinski definition) is 1. The maximum Gasteiger partial charge on any atom is 0.343 e. The molecule has 124 valence electrons. The van der Waals surface area contributed by atoms with Crippen molar-refractivity contribution in [3.63, 3.8) is 0 Å². The molecule has 0 spiro atoms. The van der Waals surface area contributed by atoms with E-state index < -0.39 is 11.6 Å². The molecule has 0 amide bonds. The second-order valence-electron chi connectivity index (χ2n) is 6.37. The predicted octanol–water partition coefficient (Wildman–Crippen LogP) is 2.85. The highest BCUT2D eigenvalue weighted by Gasteiger charge is 2.43. The van der Waals surface area contributed by atoms with Gasteiger partial charge in [0.1, 0.15) is 6.10 Å². The van der Waals surface area contributed by atoms with Crippen LogP contribution in [-0.4, -0.2) is 41.7 Å². The van der Waals surface area contributed by atoms with Gasteiger partial charge in [-0.2, -0.15) is 0 Å². The maximum absolute atomic E-state index is 12.8. The monoisotopic (exact) mass is 427 g/mol. The lowest BCUT2D eigenvalue weighted by Crippen LogP contribution is -2.53. The van der Waals surface area contributed by atoms with E-state index in [2.05, 4.69) is 27.5 Å². The van der Waals surface area contributed by atoms with Crippen LogP contribution in [0.15, 0.2) is 40.5 Å². The summed E-state index contributed by atoms with van der Waals surface area (Å²) in [7, 11) is 0. The average molecular weight is 427 g/mol. The standard InChI is InChI=1S/C18H22INO3/c19-10-4-9-18(22,15-5-2-1-3-6-15)17(21)23-16-13-20-11-7-14(16)8-12-20/h1-6,10,14,16,22H,7-9,11-13H2/b10-4-. The van der Waals surface area contributed by atoms with Gasteiger partial charge in [-0.25, -0.2) is 4.79 Å². The molecule has 1 N–H and O–H groups in total. The summed E-state index contributed by atoms with van der Waals surface area (Å²) in [4.78, 5) is 15.1. The molecule has 3 aliphatic heterocycles. The van der Waals surface area contributed by atoms with Crippen LogP contribution in [0, 0.1) is 5.92 Å². The Morgan fingerprint density at radius 2 is 2.04 bits per heavy atom. The van der Waals surface area contributed by atoms with Crippen LogP contribution >= 0.6 is 22.6 Å². The Kier molecular flexibility index (Phi) is 5.38. The van der Waals surface area contributed by atoms with Crippen molar-refractivity contribution in [2.24, 2.45) is 5.92 Å². The highest BCUT2D eigenvalue weighted by Crippen LogP contribution is 2.33. The Morgan fingerprint density at radius 3 is 2.61 bits per heavy atom. The minimum absolute atomic E-state index is 0.0937. The van der Waals surface area contributed by atoms with Crippen molar-refractivity contribution in [2.45, 2.75) is 31.0 Å². The molecule has 2 atom stereocenters. The Bertz CT molecular complexity index is 569. The number of halogens is 1. The first-order chi connectivity index (χ1) is 11.1. The highest BCUT2D eigenvalue weighted by atomic mass is 127. The van der Waals surface area contributed by atoms with Crippen LogP contribution in [0.4, 0.5) is 0 Å². The number of esters is 1. The third-order valence-electron chi connectivity index (χ3n) is 4.95. The Balaban J connectivity index is 1.78. The van der Waals surface area contributed by atoms with E-state index in [1.54, 1.807) is 18.2 Å². The number of aliphatic hydroxyl groups is 1. The second kappa shape index (κ2) is 7.32. The average Bonchev–Trinajstić information content (AvgIpc) is 2.61. The fraction of sp³-hybridized carbons (Fsp3) is 0.500. The lowest BCUT2D eigenvalue weighted by Gasteiger charge is -2.44. The molecule has 23 heavy (non-hydrogen) atoms. The zero-order chi connectivity index (χ0) is 16.3. The quantitative estimate of drug-likeness (QED) is 0.580. The third-order valence-corrected chi connectivity index (χ3v) is 5.45. The zero-order valence-electron chi connectivity index (χ0n) is 13.0. The molecule has 4 rings (SSSR count). The van der Waals surface area contributed by atoms with Crippen molar-refractivity contribution < 1.29 is 14.6 Å². The summed E-state index contributed by atoms with van der Waals surface area (Å²) in [6, 6.07) is 9.08. The molecule has 2 unspecified atom stereocenters. The number of piperidine rings is 3. The van der Waals surface area contributed by atoms with Gasteiger partial charge in [0.25, 0.3) is 0 Å². The number of nitrogens with zero attached hydrogens (tertiary/aromatic N) is 1. The van der Waals surface area contributed by atoms with Crippen LogP contribution < -0.4 is 0 Å². The van der Waals surface area contributed by atoms with E-state index in [-0.39, 0.29) is 12.5 Å². The largest absolute Gasteiger partial charge is 0.458 e. The van der Waals surface area contributed by atoms with E-state index >= 15 is 0 Å². The number of ether oxygens (including phenoxy) is 1. The van der Waals surface area contributed by atoms with Crippen LogP contribution in [0.2, 0.25) is 0 Å². The molecule has 4 nitrogen and oxygen atoms in total. The summed E-state index contributed by atoms with van der Waals surface area (Å²) in [5.41, 5.74) is -1.03. The normalized spacial score (nSPS) is 29.4. The van der Waals surface area contributed by atoms with Gasteiger partial charge in [-0.1, -0.05) is 59.0 Å². The molecule has 0 saturated carbocycles. The molecule has 5 heteroatoms. The molecule has 1 aromatic carbocycles. The molecular weight excluding hydrogens is 405 g/mol. The van der Waals surface area contributed by atoms with Crippen LogP contribution in [0.3, 0.4) is 0 Å². The first kappa shape index (κ1) is 16.9. The van der Waals surface area contributed by atoms with E-state index in [1.807, 2.05) is 22.3 Å². The summed E-state index contributed by atoms with van der Waals surface area (Å²) >= 11 is 2.09. The number of carbonyl (C=O) groups is 1. The molecule has 3 aliphatic rings. The molecule has 3 fully saturated rings. The van der Waals surface area contributed by atoms with Gasteiger partial charge in [-0.15, -0.1) is 0 Å². The number of benzene rings is 1. The van der Waals surface area contributed by atoms with E-state index in [9.17, 15) is 9.90 Å². The van der Waals surface area contributed by atoms with Crippen LogP contribution in [-0.2, 0) is 15.1 Å². The van der Waals surface area contributed by atoms with Crippen molar-refractivity contribution in [3.8, 4) is 0 Å².